The third-order valence-corrected chi connectivity index (χ3v) is 3.06. The summed E-state index contributed by atoms with van der Waals surface area (Å²) in [4.78, 5) is 4.35. The van der Waals surface area contributed by atoms with Gasteiger partial charge in [-0.05, 0) is 31.2 Å². The smallest absolute Gasteiger partial charge is 0.138 e. The highest BCUT2D eigenvalue weighted by molar-refractivity contribution is 5.37. The van der Waals surface area contributed by atoms with Crippen molar-refractivity contribution in [3.05, 3.63) is 59.4 Å². The van der Waals surface area contributed by atoms with Crippen LogP contribution in [0.4, 0.5) is 0 Å². The van der Waals surface area contributed by atoms with Crippen LogP contribution in [0.3, 0.4) is 0 Å². The van der Waals surface area contributed by atoms with Gasteiger partial charge in [0.1, 0.15) is 12.4 Å². The van der Waals surface area contributed by atoms with E-state index in [9.17, 15) is 0 Å². The van der Waals surface area contributed by atoms with Crippen molar-refractivity contribution in [2.24, 2.45) is 0 Å². The number of benzene rings is 1. The molecule has 0 unspecified atom stereocenters. The van der Waals surface area contributed by atoms with Crippen molar-refractivity contribution in [2.45, 2.75) is 26.5 Å². The van der Waals surface area contributed by atoms with Crippen LogP contribution in [0.25, 0.3) is 0 Å². The van der Waals surface area contributed by atoms with E-state index in [4.69, 9.17) is 10.00 Å². The van der Waals surface area contributed by atoms with Crippen LogP contribution in [-0.2, 0) is 13.2 Å². The number of nitriles is 1. The van der Waals surface area contributed by atoms with Crippen molar-refractivity contribution in [3.63, 3.8) is 0 Å². The van der Waals surface area contributed by atoms with Gasteiger partial charge in [0.25, 0.3) is 0 Å². The lowest BCUT2D eigenvalue weighted by Gasteiger charge is -2.08. The standard InChI is InChI=1S/C17H19N3O/c1-2-9-19-11-16-7-8-17(12-20-16)21-13-15-6-4-3-5-14(15)10-18/h3-8,12,19H,2,9,11,13H2,1H3. The second-order valence-corrected chi connectivity index (χ2v) is 4.72. The minimum atomic E-state index is 0.374. The molecule has 2 aromatic rings. The Balaban J connectivity index is 1.90. The summed E-state index contributed by atoms with van der Waals surface area (Å²) in [6, 6.07) is 13.5. The number of nitrogens with zero attached hydrogens (tertiary/aromatic N) is 2. The summed E-state index contributed by atoms with van der Waals surface area (Å²) in [5.41, 5.74) is 2.52. The van der Waals surface area contributed by atoms with Crippen molar-refractivity contribution in [1.29, 1.82) is 5.26 Å². The molecule has 0 bridgehead atoms. The summed E-state index contributed by atoms with van der Waals surface area (Å²) in [6.07, 6.45) is 2.83. The van der Waals surface area contributed by atoms with Crippen LogP contribution in [0.5, 0.6) is 5.75 Å². The third-order valence-electron chi connectivity index (χ3n) is 3.06. The average molecular weight is 281 g/mol. The van der Waals surface area contributed by atoms with E-state index in [1.165, 1.54) is 0 Å². The molecule has 0 aliphatic rings. The molecule has 0 radical (unpaired) electrons. The van der Waals surface area contributed by atoms with Crippen molar-refractivity contribution in [1.82, 2.24) is 10.3 Å². The summed E-state index contributed by atoms with van der Waals surface area (Å²) < 4.78 is 5.68. The summed E-state index contributed by atoms with van der Waals surface area (Å²) >= 11 is 0. The normalized spacial score (nSPS) is 10.1. The van der Waals surface area contributed by atoms with Crippen LogP contribution in [0, 0.1) is 11.3 Å². The number of rotatable bonds is 7. The molecule has 4 heteroatoms. The fraction of sp³-hybridized carbons (Fsp3) is 0.294. The van der Waals surface area contributed by atoms with Crippen LogP contribution in [0.2, 0.25) is 0 Å². The van der Waals surface area contributed by atoms with E-state index in [0.29, 0.717) is 17.9 Å². The van der Waals surface area contributed by atoms with Gasteiger partial charge in [0.15, 0.2) is 0 Å². The highest BCUT2D eigenvalue weighted by Gasteiger charge is 2.02. The summed E-state index contributed by atoms with van der Waals surface area (Å²) in [7, 11) is 0. The molecule has 0 saturated heterocycles. The highest BCUT2D eigenvalue weighted by atomic mass is 16.5. The van der Waals surface area contributed by atoms with Crippen molar-refractivity contribution in [2.75, 3.05) is 6.54 Å². The van der Waals surface area contributed by atoms with E-state index in [1.54, 1.807) is 12.3 Å². The Bertz CT molecular complexity index is 602. The molecule has 4 nitrogen and oxygen atoms in total. The maximum absolute atomic E-state index is 9.03. The van der Waals surface area contributed by atoms with E-state index >= 15 is 0 Å². The molecule has 108 valence electrons. The number of aromatic nitrogens is 1. The van der Waals surface area contributed by atoms with Gasteiger partial charge in [-0.25, -0.2) is 0 Å². The Kier molecular flexibility index (Phi) is 5.74. The number of nitrogens with one attached hydrogen (secondary N) is 1. The van der Waals surface area contributed by atoms with Crippen LogP contribution < -0.4 is 10.1 Å². The zero-order chi connectivity index (χ0) is 14.9. The average Bonchev–Trinajstić information content (AvgIpc) is 2.54. The highest BCUT2D eigenvalue weighted by Crippen LogP contribution is 2.14. The van der Waals surface area contributed by atoms with Crippen molar-refractivity contribution >= 4 is 0 Å². The number of ether oxygens (including phenoxy) is 1. The minimum Gasteiger partial charge on any atom is -0.487 e. The Labute approximate surface area is 125 Å². The van der Waals surface area contributed by atoms with Crippen LogP contribution >= 0.6 is 0 Å². The molecular formula is C17H19N3O. The van der Waals surface area contributed by atoms with Gasteiger partial charge in [-0.2, -0.15) is 5.26 Å². The second kappa shape index (κ2) is 8.03. The summed E-state index contributed by atoms with van der Waals surface area (Å²) in [5.74, 6) is 0.710. The molecule has 0 atom stereocenters. The maximum atomic E-state index is 9.03. The molecule has 1 N–H and O–H groups in total. The van der Waals surface area contributed by atoms with E-state index in [1.807, 2.05) is 30.3 Å². The molecule has 1 heterocycles. The van der Waals surface area contributed by atoms with Crippen LogP contribution in [0.1, 0.15) is 30.2 Å². The summed E-state index contributed by atoms with van der Waals surface area (Å²) in [6.45, 7) is 4.27. The van der Waals surface area contributed by atoms with Gasteiger partial charge in [-0.1, -0.05) is 25.1 Å². The number of hydrogen-bond donors (Lipinski definition) is 1. The molecule has 1 aromatic carbocycles. The first kappa shape index (κ1) is 15.0. The van der Waals surface area contributed by atoms with Gasteiger partial charge in [0.05, 0.1) is 23.5 Å². The van der Waals surface area contributed by atoms with Gasteiger partial charge >= 0.3 is 0 Å². The van der Waals surface area contributed by atoms with Gasteiger partial charge in [-0.3, -0.25) is 4.98 Å². The molecule has 0 amide bonds. The van der Waals surface area contributed by atoms with Gasteiger partial charge in [0, 0.05) is 12.1 Å². The van der Waals surface area contributed by atoms with Gasteiger partial charge in [0.2, 0.25) is 0 Å². The predicted octanol–water partition coefficient (Wildman–Crippen LogP) is 3.03. The Morgan fingerprint density at radius 3 is 2.81 bits per heavy atom. The van der Waals surface area contributed by atoms with Crippen LogP contribution in [0.15, 0.2) is 42.6 Å². The zero-order valence-electron chi connectivity index (χ0n) is 12.2. The van der Waals surface area contributed by atoms with Gasteiger partial charge < -0.3 is 10.1 Å². The van der Waals surface area contributed by atoms with E-state index in [2.05, 4.69) is 23.3 Å². The zero-order valence-corrected chi connectivity index (χ0v) is 12.2. The molecule has 1 aromatic heterocycles. The second-order valence-electron chi connectivity index (χ2n) is 4.72. The lowest BCUT2D eigenvalue weighted by Crippen LogP contribution is -2.14. The predicted molar refractivity (Wildman–Crippen MR) is 81.7 cm³/mol. The quantitative estimate of drug-likeness (QED) is 0.793. The first-order chi connectivity index (χ1) is 10.3. The van der Waals surface area contributed by atoms with Gasteiger partial charge in [-0.15, -0.1) is 0 Å². The SMILES string of the molecule is CCCNCc1ccc(OCc2ccccc2C#N)cn1. The molecule has 21 heavy (non-hydrogen) atoms. The Hall–Kier alpha value is -2.38. The summed E-state index contributed by atoms with van der Waals surface area (Å²) in [5, 5.41) is 12.3. The molecule has 0 fully saturated rings. The van der Waals surface area contributed by atoms with Crippen molar-refractivity contribution < 1.29 is 4.74 Å². The van der Waals surface area contributed by atoms with E-state index in [0.717, 1.165) is 30.8 Å². The van der Waals surface area contributed by atoms with Crippen LogP contribution in [-0.4, -0.2) is 11.5 Å². The van der Waals surface area contributed by atoms with Crippen molar-refractivity contribution in [3.8, 4) is 11.8 Å². The number of hydrogen-bond acceptors (Lipinski definition) is 4. The molecule has 0 aliphatic carbocycles. The van der Waals surface area contributed by atoms with E-state index < -0.39 is 0 Å². The van der Waals surface area contributed by atoms with E-state index in [-0.39, 0.29) is 0 Å². The number of pyridine rings is 1. The third kappa shape index (κ3) is 4.59. The molecule has 2 rings (SSSR count). The lowest BCUT2D eigenvalue weighted by atomic mass is 10.1. The Morgan fingerprint density at radius 1 is 1.24 bits per heavy atom. The molecule has 0 spiro atoms. The lowest BCUT2D eigenvalue weighted by molar-refractivity contribution is 0.304. The fourth-order valence-electron chi connectivity index (χ4n) is 1.91. The molecular weight excluding hydrogens is 262 g/mol. The topological polar surface area (TPSA) is 57.9 Å². The first-order valence-corrected chi connectivity index (χ1v) is 7.10. The molecule has 0 aliphatic heterocycles. The first-order valence-electron chi connectivity index (χ1n) is 7.10. The molecule has 0 saturated carbocycles. The fourth-order valence-corrected chi connectivity index (χ4v) is 1.91. The minimum absolute atomic E-state index is 0.374. The monoisotopic (exact) mass is 281 g/mol. The maximum Gasteiger partial charge on any atom is 0.138 e. The Morgan fingerprint density at radius 2 is 2.10 bits per heavy atom. The largest absolute Gasteiger partial charge is 0.487 e.